The summed E-state index contributed by atoms with van der Waals surface area (Å²) in [6.07, 6.45) is 2.42. The number of carbonyl (C=O) groups excluding carboxylic acids is 1. The Labute approximate surface area is 145 Å². The summed E-state index contributed by atoms with van der Waals surface area (Å²) in [4.78, 5) is 11.9. The maximum Gasteiger partial charge on any atom is 0.271 e. The number of halogens is 3. The van der Waals surface area contributed by atoms with Crippen LogP contribution < -0.4 is 11.1 Å². The number of rotatable bonds is 5. The topological polar surface area (TPSA) is 72.9 Å². The molecule has 8 heteroatoms. The minimum atomic E-state index is -0.227. The van der Waals surface area contributed by atoms with Crippen LogP contribution >= 0.6 is 35.6 Å². The Morgan fingerprint density at radius 1 is 1.36 bits per heavy atom. The van der Waals surface area contributed by atoms with E-state index in [1.807, 2.05) is 6.92 Å². The van der Waals surface area contributed by atoms with Gasteiger partial charge in [0.25, 0.3) is 5.91 Å². The predicted molar refractivity (Wildman–Crippen MR) is 91.4 cm³/mol. The number of nitrogens with one attached hydrogen (secondary N) is 1. The summed E-state index contributed by atoms with van der Waals surface area (Å²) in [5, 5.41) is 7.91. The molecule has 0 aliphatic heterocycles. The van der Waals surface area contributed by atoms with E-state index in [2.05, 4.69) is 10.4 Å². The summed E-state index contributed by atoms with van der Waals surface area (Å²) in [5.41, 5.74) is 6.70. The quantitative estimate of drug-likeness (QED) is 0.857. The Bertz CT molecular complexity index is 643. The molecule has 120 valence electrons. The third-order valence-corrected chi connectivity index (χ3v) is 3.61. The smallest absolute Gasteiger partial charge is 0.271 e. The highest BCUT2D eigenvalue weighted by atomic mass is 35.5. The molecule has 0 bridgehead atoms. The molecule has 3 N–H and O–H groups in total. The molecule has 2 rings (SSSR count). The van der Waals surface area contributed by atoms with Gasteiger partial charge in [-0.3, -0.25) is 4.79 Å². The second kappa shape index (κ2) is 8.39. The molecule has 1 amide bonds. The molecule has 0 aliphatic rings. The average molecular weight is 364 g/mol. The third-order valence-electron chi connectivity index (χ3n) is 2.87. The Kier molecular flexibility index (Phi) is 7.16. The standard InChI is InChI=1S/C14H16Cl2N4O.ClH/c1-9(17)4-6-18-14(21)13-5-7-20(19-13)10-2-3-11(15)12(16)8-10;/h2-3,5,7-9H,4,6,17H2,1H3,(H,18,21);1H. The molecule has 1 atom stereocenters. The summed E-state index contributed by atoms with van der Waals surface area (Å²) < 4.78 is 1.57. The minimum absolute atomic E-state index is 0. The number of carbonyl (C=O) groups is 1. The molecular weight excluding hydrogens is 347 g/mol. The highest BCUT2D eigenvalue weighted by Crippen LogP contribution is 2.24. The Balaban J connectivity index is 0.00000242. The van der Waals surface area contributed by atoms with E-state index in [9.17, 15) is 4.79 Å². The second-order valence-corrected chi connectivity index (χ2v) is 5.58. The fraction of sp³-hybridized carbons (Fsp3) is 0.286. The monoisotopic (exact) mass is 362 g/mol. The van der Waals surface area contributed by atoms with Crippen LogP contribution in [0.25, 0.3) is 5.69 Å². The highest BCUT2D eigenvalue weighted by molar-refractivity contribution is 6.42. The third kappa shape index (κ3) is 4.88. The van der Waals surface area contributed by atoms with Gasteiger partial charge in [-0.2, -0.15) is 5.10 Å². The Morgan fingerprint density at radius 2 is 2.09 bits per heavy atom. The number of benzene rings is 1. The molecule has 0 saturated carbocycles. The van der Waals surface area contributed by atoms with E-state index in [4.69, 9.17) is 28.9 Å². The van der Waals surface area contributed by atoms with Crippen LogP contribution in [0.4, 0.5) is 0 Å². The molecular formula is C14H17Cl3N4O. The lowest BCUT2D eigenvalue weighted by atomic mass is 10.2. The Morgan fingerprint density at radius 3 is 2.73 bits per heavy atom. The molecule has 2 aromatic rings. The highest BCUT2D eigenvalue weighted by Gasteiger charge is 2.10. The number of hydrogen-bond acceptors (Lipinski definition) is 3. The molecule has 0 radical (unpaired) electrons. The van der Waals surface area contributed by atoms with Crippen molar-refractivity contribution in [2.24, 2.45) is 5.73 Å². The van der Waals surface area contributed by atoms with Crippen molar-refractivity contribution in [3.05, 3.63) is 46.2 Å². The van der Waals surface area contributed by atoms with E-state index in [1.165, 1.54) is 0 Å². The fourth-order valence-electron chi connectivity index (χ4n) is 1.72. The molecule has 5 nitrogen and oxygen atoms in total. The van der Waals surface area contributed by atoms with Crippen molar-refractivity contribution in [3.63, 3.8) is 0 Å². The molecule has 1 unspecified atom stereocenters. The van der Waals surface area contributed by atoms with Crippen molar-refractivity contribution in [2.45, 2.75) is 19.4 Å². The van der Waals surface area contributed by atoms with Gasteiger partial charge in [0.1, 0.15) is 0 Å². The molecule has 0 fully saturated rings. The van der Waals surface area contributed by atoms with E-state index in [-0.39, 0.29) is 24.4 Å². The zero-order valence-electron chi connectivity index (χ0n) is 11.9. The van der Waals surface area contributed by atoms with Gasteiger partial charge in [-0.15, -0.1) is 12.4 Å². The van der Waals surface area contributed by atoms with Crippen LogP contribution in [-0.2, 0) is 0 Å². The van der Waals surface area contributed by atoms with Crippen LogP contribution in [0.15, 0.2) is 30.5 Å². The first-order valence-electron chi connectivity index (χ1n) is 6.52. The lowest BCUT2D eigenvalue weighted by molar-refractivity contribution is 0.0947. The summed E-state index contributed by atoms with van der Waals surface area (Å²) in [5.74, 6) is -0.227. The first-order valence-corrected chi connectivity index (χ1v) is 7.28. The van der Waals surface area contributed by atoms with Crippen molar-refractivity contribution in [3.8, 4) is 5.69 Å². The normalized spacial score (nSPS) is 11.6. The van der Waals surface area contributed by atoms with Crippen molar-refractivity contribution in [1.29, 1.82) is 0 Å². The summed E-state index contributed by atoms with van der Waals surface area (Å²) in [7, 11) is 0. The van der Waals surface area contributed by atoms with E-state index in [1.54, 1.807) is 35.1 Å². The average Bonchev–Trinajstić information content (AvgIpc) is 2.91. The fourth-order valence-corrected chi connectivity index (χ4v) is 2.01. The Hall–Kier alpha value is -1.27. The number of aromatic nitrogens is 2. The van der Waals surface area contributed by atoms with Crippen molar-refractivity contribution >= 4 is 41.5 Å². The second-order valence-electron chi connectivity index (χ2n) is 4.77. The lowest BCUT2D eigenvalue weighted by Crippen LogP contribution is -2.29. The summed E-state index contributed by atoms with van der Waals surface area (Å²) in [6.45, 7) is 2.42. The van der Waals surface area contributed by atoms with Crippen molar-refractivity contribution in [2.75, 3.05) is 6.54 Å². The molecule has 1 aromatic carbocycles. The molecule has 0 aliphatic carbocycles. The van der Waals surface area contributed by atoms with Crippen molar-refractivity contribution in [1.82, 2.24) is 15.1 Å². The zero-order chi connectivity index (χ0) is 15.4. The van der Waals surface area contributed by atoms with E-state index in [0.717, 1.165) is 12.1 Å². The van der Waals surface area contributed by atoms with Crippen LogP contribution in [0, 0.1) is 0 Å². The van der Waals surface area contributed by atoms with Gasteiger partial charge in [-0.05, 0) is 37.6 Å². The number of nitrogens with zero attached hydrogens (tertiary/aromatic N) is 2. The number of nitrogens with two attached hydrogens (primary N) is 1. The van der Waals surface area contributed by atoms with E-state index >= 15 is 0 Å². The van der Waals surface area contributed by atoms with Crippen molar-refractivity contribution < 1.29 is 4.79 Å². The molecule has 1 aromatic heterocycles. The summed E-state index contributed by atoms with van der Waals surface area (Å²) in [6, 6.07) is 6.85. The predicted octanol–water partition coefficient (Wildman–Crippen LogP) is 3.07. The zero-order valence-corrected chi connectivity index (χ0v) is 14.3. The van der Waals surface area contributed by atoms with E-state index in [0.29, 0.717) is 22.3 Å². The lowest BCUT2D eigenvalue weighted by Gasteiger charge is -2.06. The van der Waals surface area contributed by atoms with Gasteiger partial charge in [0, 0.05) is 18.8 Å². The van der Waals surface area contributed by atoms with Gasteiger partial charge in [-0.1, -0.05) is 23.2 Å². The van der Waals surface area contributed by atoms with Gasteiger partial charge in [0.15, 0.2) is 5.69 Å². The van der Waals surface area contributed by atoms with Gasteiger partial charge in [0.05, 0.1) is 15.7 Å². The van der Waals surface area contributed by atoms with Crippen LogP contribution in [0.1, 0.15) is 23.8 Å². The van der Waals surface area contributed by atoms with Gasteiger partial charge < -0.3 is 11.1 Å². The van der Waals surface area contributed by atoms with Crippen LogP contribution in [0.3, 0.4) is 0 Å². The first-order chi connectivity index (χ1) is 9.97. The van der Waals surface area contributed by atoms with Crippen LogP contribution in [0.5, 0.6) is 0 Å². The summed E-state index contributed by atoms with van der Waals surface area (Å²) >= 11 is 11.8. The molecule has 0 spiro atoms. The molecule has 0 saturated heterocycles. The molecule has 1 heterocycles. The number of hydrogen-bond donors (Lipinski definition) is 2. The minimum Gasteiger partial charge on any atom is -0.351 e. The van der Waals surface area contributed by atoms with Crippen LogP contribution in [0.2, 0.25) is 10.0 Å². The van der Waals surface area contributed by atoms with Gasteiger partial charge >= 0.3 is 0 Å². The van der Waals surface area contributed by atoms with E-state index < -0.39 is 0 Å². The van der Waals surface area contributed by atoms with Gasteiger partial charge in [0.2, 0.25) is 0 Å². The number of amides is 1. The maximum absolute atomic E-state index is 11.9. The first kappa shape index (κ1) is 18.8. The van der Waals surface area contributed by atoms with Crippen LogP contribution in [-0.4, -0.2) is 28.3 Å². The largest absolute Gasteiger partial charge is 0.351 e. The maximum atomic E-state index is 11.9. The molecule has 22 heavy (non-hydrogen) atoms. The SMILES string of the molecule is CC(N)CCNC(=O)c1ccn(-c2ccc(Cl)c(Cl)c2)n1.Cl. The van der Waals surface area contributed by atoms with Gasteiger partial charge in [-0.25, -0.2) is 4.68 Å².